The first-order valence-electron chi connectivity index (χ1n) is 27.0. The zero-order valence-corrected chi connectivity index (χ0v) is 44.7. The largest absolute Gasteiger partial charge is 0.509 e. The van der Waals surface area contributed by atoms with E-state index in [9.17, 15) is 2.74 Å². The second kappa shape index (κ2) is 18.6. The van der Waals surface area contributed by atoms with E-state index >= 15 is 0 Å². The summed E-state index contributed by atoms with van der Waals surface area (Å²) in [5.74, 6) is 1.37. The maximum Gasteiger partial charge on any atom is 0.135 e. The molecular formula is C67H59N4OPt-3. The number of ether oxygens (including phenoxy) is 1. The van der Waals surface area contributed by atoms with Gasteiger partial charge >= 0.3 is 0 Å². The quantitative estimate of drug-likeness (QED) is 0.142. The van der Waals surface area contributed by atoms with Crippen LogP contribution in [0.1, 0.15) is 77.6 Å². The third-order valence-corrected chi connectivity index (χ3v) is 13.6. The molecule has 0 fully saturated rings. The smallest absolute Gasteiger partial charge is 0.135 e. The van der Waals surface area contributed by atoms with Crippen molar-refractivity contribution in [1.29, 1.82) is 0 Å². The fourth-order valence-corrected chi connectivity index (χ4v) is 10.6. The third-order valence-electron chi connectivity index (χ3n) is 13.6. The summed E-state index contributed by atoms with van der Waals surface area (Å²) in [6, 6.07) is 65.8. The molecule has 0 atom stereocenters. The van der Waals surface area contributed by atoms with Crippen molar-refractivity contribution in [3.05, 3.63) is 212 Å². The van der Waals surface area contributed by atoms with Gasteiger partial charge in [-0.05, 0) is 137 Å². The van der Waals surface area contributed by atoms with Crippen LogP contribution in [-0.4, -0.2) is 14.1 Å². The number of aromatic nitrogens is 3. The molecule has 73 heavy (non-hydrogen) atoms. The summed E-state index contributed by atoms with van der Waals surface area (Å²) in [7, 11) is 0. The Balaban J connectivity index is 0.00000631. The molecule has 0 saturated carbocycles. The van der Waals surface area contributed by atoms with E-state index in [4.69, 9.17) is 12.5 Å². The van der Waals surface area contributed by atoms with Crippen molar-refractivity contribution < 1.29 is 31.3 Å². The first-order chi connectivity index (χ1) is 36.3. The molecule has 0 bridgehead atoms. The molecule has 1 aliphatic rings. The first kappa shape index (κ1) is 43.3. The van der Waals surface area contributed by atoms with E-state index in [1.165, 1.54) is 0 Å². The van der Waals surface area contributed by atoms with Crippen molar-refractivity contribution in [3.8, 4) is 28.4 Å². The van der Waals surface area contributed by atoms with Crippen LogP contribution >= 0.6 is 0 Å². The zero-order chi connectivity index (χ0) is 53.1. The van der Waals surface area contributed by atoms with E-state index in [2.05, 4.69) is 176 Å². The van der Waals surface area contributed by atoms with Crippen LogP contribution in [0.3, 0.4) is 0 Å². The third kappa shape index (κ3) is 8.82. The van der Waals surface area contributed by atoms with Gasteiger partial charge in [-0.2, -0.15) is 12.1 Å². The van der Waals surface area contributed by atoms with Crippen LogP contribution in [0, 0.1) is 30.1 Å². The van der Waals surface area contributed by atoms with Crippen LogP contribution in [0.2, 0.25) is 0 Å². The number of nitrogens with zero attached hydrogens (tertiary/aromatic N) is 4. The van der Waals surface area contributed by atoms with E-state index in [0.717, 1.165) is 93.2 Å². The van der Waals surface area contributed by atoms with Crippen LogP contribution in [-0.2, 0) is 39.2 Å². The Hall–Kier alpha value is -7.33. The molecule has 12 rings (SSSR count). The van der Waals surface area contributed by atoms with Crippen LogP contribution < -0.4 is 9.64 Å². The maximum absolute atomic E-state index is 9.58. The predicted octanol–water partition coefficient (Wildman–Crippen LogP) is 18.0. The van der Waals surface area contributed by atoms with Gasteiger partial charge in [-0.1, -0.05) is 182 Å². The summed E-state index contributed by atoms with van der Waals surface area (Å²) in [4.78, 5) is 6.97. The molecular weight excluding hydrogens is 1070 g/mol. The van der Waals surface area contributed by atoms with Gasteiger partial charge in [0, 0.05) is 55.4 Å². The van der Waals surface area contributed by atoms with Crippen molar-refractivity contribution in [2.75, 3.05) is 4.90 Å². The normalized spacial score (nSPS) is 13.8. The van der Waals surface area contributed by atoms with E-state index in [-0.39, 0.29) is 32.4 Å². The van der Waals surface area contributed by atoms with E-state index < -0.39 is 18.2 Å². The van der Waals surface area contributed by atoms with Crippen molar-refractivity contribution in [2.45, 2.75) is 73.6 Å². The van der Waals surface area contributed by atoms with Crippen LogP contribution in [0.4, 0.5) is 11.4 Å². The maximum atomic E-state index is 9.58. The average Bonchev–Trinajstić information content (AvgIpc) is 4.17. The molecule has 1 aliphatic heterocycles. The van der Waals surface area contributed by atoms with Gasteiger partial charge in [0.15, 0.2) is 0 Å². The molecule has 11 aromatic rings. The minimum atomic E-state index is -1.63. The van der Waals surface area contributed by atoms with Gasteiger partial charge in [0.25, 0.3) is 0 Å². The summed E-state index contributed by atoms with van der Waals surface area (Å²) < 4.78 is 48.1. The zero-order valence-electron chi connectivity index (χ0n) is 46.4. The Kier molecular flexibility index (Phi) is 11.0. The summed E-state index contributed by atoms with van der Waals surface area (Å²) in [5, 5.41) is 8.61. The monoisotopic (exact) mass is 1130 g/mol. The number of hydrogen-bond donors (Lipinski definition) is 0. The number of benzene rings is 8. The molecule has 0 amide bonds. The van der Waals surface area contributed by atoms with Gasteiger partial charge in [-0.15, -0.1) is 35.7 Å². The summed E-state index contributed by atoms with van der Waals surface area (Å²) in [6.45, 7) is 18.5. The van der Waals surface area contributed by atoms with Gasteiger partial charge in [0.2, 0.25) is 0 Å². The second-order valence-corrected chi connectivity index (χ2v) is 21.4. The fourth-order valence-electron chi connectivity index (χ4n) is 10.6. The molecule has 0 radical (unpaired) electrons. The van der Waals surface area contributed by atoms with Crippen molar-refractivity contribution in [2.24, 2.45) is 11.3 Å². The van der Waals surface area contributed by atoms with E-state index in [1.54, 1.807) is 12.3 Å². The van der Waals surface area contributed by atoms with Gasteiger partial charge in [0.05, 0.1) is 0 Å². The number of hydrogen-bond acceptors (Lipinski definition) is 3. The number of pyridine rings is 1. The molecule has 0 saturated heterocycles. The Bertz CT molecular complexity index is 4220. The number of rotatable bonds is 8. The average molecular weight is 1140 g/mol. The molecule has 0 spiro atoms. The SMILES string of the molecule is [2H]C([2H])(c1ccnc(-n2c3[c-]c(Oc4[c-]c(N5[CH-]n6c7c(-c8cc(C(C)(C)C)cc(C([2H])([2H])C(C)(C)C)c8)cccc7c7ccccc7c7ccccc7c7cccc5c76)ccc4)ccc3c3ccccc32)c1)C(C)C.[Pt]. The fraction of sp³-hybridized carbons (Fsp3) is 0.194. The standard InChI is InChI=1S/C67H59N4O.Pt/c1-43(2)34-44-32-33-68-63(37-44)71-60-28-14-13-24-56(60)57-31-30-50(40-62(57)71)72-49-19-15-18-48(39-49)69-42-70-64-51(46-35-45(41-66(3,4)5)36-47(38-46)67(6,7)8)25-16-26-58(64)54-22-11-9-20-52(54)53-21-10-12-23-55(53)59-27-17-29-61(69)65(59)70;/h9-33,35-38,42-43H,34,41H2,1-8H3;/q-3;/i34D2,41D2;. The van der Waals surface area contributed by atoms with Crippen LogP contribution in [0.5, 0.6) is 11.5 Å². The molecule has 8 aromatic carbocycles. The number of para-hydroxylation sites is 3. The van der Waals surface area contributed by atoms with Gasteiger partial charge < -0.3 is 18.8 Å². The summed E-state index contributed by atoms with van der Waals surface area (Å²) >= 11 is 0. The van der Waals surface area contributed by atoms with Crippen LogP contribution in [0.15, 0.2) is 176 Å². The molecule has 0 unspecified atom stereocenters. The second-order valence-electron chi connectivity index (χ2n) is 21.4. The molecule has 3 aromatic heterocycles. The van der Waals surface area contributed by atoms with Crippen molar-refractivity contribution >= 4 is 76.5 Å². The number of anilines is 2. The molecule has 5 nitrogen and oxygen atoms in total. The minimum absolute atomic E-state index is 0. The Morgan fingerprint density at radius 2 is 1.23 bits per heavy atom. The van der Waals surface area contributed by atoms with Gasteiger partial charge in [-0.3, -0.25) is 0 Å². The van der Waals surface area contributed by atoms with Crippen molar-refractivity contribution in [3.63, 3.8) is 0 Å². The van der Waals surface area contributed by atoms with E-state index in [1.807, 2.05) is 75.6 Å². The minimum Gasteiger partial charge on any atom is -0.509 e. The topological polar surface area (TPSA) is 35.2 Å². The van der Waals surface area contributed by atoms with E-state index in [0.29, 0.717) is 28.4 Å². The molecule has 6 heteroatoms. The number of fused-ring (bicyclic) bond motifs is 10. The first-order valence-corrected chi connectivity index (χ1v) is 25.0. The Morgan fingerprint density at radius 3 is 1.93 bits per heavy atom. The molecule has 366 valence electrons. The van der Waals surface area contributed by atoms with Gasteiger partial charge in [0.1, 0.15) is 5.82 Å². The Morgan fingerprint density at radius 1 is 0.603 bits per heavy atom. The Labute approximate surface area is 449 Å². The van der Waals surface area contributed by atoms with Crippen LogP contribution in [0.25, 0.3) is 82.1 Å². The van der Waals surface area contributed by atoms with Gasteiger partial charge in [-0.25, -0.2) is 4.98 Å². The van der Waals surface area contributed by atoms with Crippen molar-refractivity contribution in [1.82, 2.24) is 14.1 Å². The molecule has 4 heterocycles. The summed E-state index contributed by atoms with van der Waals surface area (Å²) in [5.41, 5.74) is 8.74. The molecule has 0 aliphatic carbocycles. The predicted molar refractivity (Wildman–Crippen MR) is 303 cm³/mol. The molecule has 0 N–H and O–H groups in total. The summed E-state index contributed by atoms with van der Waals surface area (Å²) in [6.07, 6.45) is -1.50.